The standard InChI is InChI=1S/C29H38BrN3O2/c1-4-6-8-10-16-27(34)32(21-13-9-7-5-2)22(3)28-31-26-15-12-11-14-25(26)29(35)33(28)24-19-17-23(30)18-20-24/h11-12,14-15,17-20,22H,4-10,13,16,21H2,1-3H3. The molecule has 188 valence electrons. The zero-order valence-corrected chi connectivity index (χ0v) is 22.9. The van der Waals surface area contributed by atoms with E-state index >= 15 is 0 Å². The highest BCUT2D eigenvalue weighted by Gasteiger charge is 2.26. The Balaban J connectivity index is 2.04. The Bertz CT molecular complexity index is 1160. The van der Waals surface area contributed by atoms with Gasteiger partial charge in [0.05, 0.1) is 22.6 Å². The molecule has 3 aromatic rings. The second-order valence-corrected chi connectivity index (χ2v) is 10.2. The van der Waals surface area contributed by atoms with Crippen molar-refractivity contribution in [2.75, 3.05) is 6.54 Å². The summed E-state index contributed by atoms with van der Waals surface area (Å²) in [5.41, 5.74) is 1.30. The normalized spacial score (nSPS) is 12.1. The van der Waals surface area contributed by atoms with Crippen LogP contribution in [0, 0.1) is 0 Å². The van der Waals surface area contributed by atoms with Crippen LogP contribution in [-0.2, 0) is 4.79 Å². The molecule has 0 bridgehead atoms. The van der Waals surface area contributed by atoms with Gasteiger partial charge in [0.15, 0.2) is 0 Å². The highest BCUT2D eigenvalue weighted by molar-refractivity contribution is 9.10. The lowest BCUT2D eigenvalue weighted by molar-refractivity contribution is -0.133. The number of fused-ring (bicyclic) bond motifs is 1. The van der Waals surface area contributed by atoms with Crippen LogP contribution < -0.4 is 5.56 Å². The van der Waals surface area contributed by atoms with Crippen LogP contribution in [0.15, 0.2) is 57.8 Å². The number of benzene rings is 2. The number of aromatic nitrogens is 2. The maximum Gasteiger partial charge on any atom is 0.266 e. The van der Waals surface area contributed by atoms with Crippen molar-refractivity contribution in [1.82, 2.24) is 14.5 Å². The molecule has 1 unspecified atom stereocenters. The van der Waals surface area contributed by atoms with Gasteiger partial charge in [-0.3, -0.25) is 14.2 Å². The predicted molar refractivity (Wildman–Crippen MR) is 148 cm³/mol. The van der Waals surface area contributed by atoms with Crippen molar-refractivity contribution in [1.29, 1.82) is 0 Å². The lowest BCUT2D eigenvalue weighted by Gasteiger charge is -2.31. The van der Waals surface area contributed by atoms with Gasteiger partial charge in [-0.25, -0.2) is 4.98 Å². The largest absolute Gasteiger partial charge is 0.333 e. The Morgan fingerprint density at radius 2 is 1.60 bits per heavy atom. The van der Waals surface area contributed by atoms with E-state index in [0.29, 0.717) is 29.7 Å². The lowest BCUT2D eigenvalue weighted by Crippen LogP contribution is -2.38. The number of carbonyl (C=O) groups is 1. The minimum Gasteiger partial charge on any atom is -0.333 e. The molecular weight excluding hydrogens is 502 g/mol. The lowest BCUT2D eigenvalue weighted by atomic mass is 10.1. The molecule has 2 aromatic carbocycles. The zero-order chi connectivity index (χ0) is 25.2. The highest BCUT2D eigenvalue weighted by atomic mass is 79.9. The topological polar surface area (TPSA) is 55.2 Å². The molecule has 0 aliphatic carbocycles. The fraction of sp³-hybridized carbons (Fsp3) is 0.483. The van der Waals surface area contributed by atoms with E-state index in [4.69, 9.17) is 4.98 Å². The molecule has 1 amide bonds. The van der Waals surface area contributed by atoms with Crippen molar-refractivity contribution >= 4 is 32.7 Å². The zero-order valence-electron chi connectivity index (χ0n) is 21.3. The van der Waals surface area contributed by atoms with Crippen molar-refractivity contribution in [2.24, 2.45) is 0 Å². The molecule has 0 aliphatic heterocycles. The molecule has 5 nitrogen and oxygen atoms in total. The predicted octanol–water partition coefficient (Wildman–Crippen LogP) is 7.59. The summed E-state index contributed by atoms with van der Waals surface area (Å²) in [4.78, 5) is 34.0. The number of hydrogen-bond acceptors (Lipinski definition) is 3. The van der Waals surface area contributed by atoms with Crippen LogP contribution in [0.3, 0.4) is 0 Å². The SMILES string of the molecule is CCCCCCC(=O)N(CCCCCC)C(C)c1nc2ccccc2c(=O)n1-c1ccc(Br)cc1. The van der Waals surface area contributed by atoms with Gasteiger partial charge in [-0.2, -0.15) is 0 Å². The van der Waals surface area contributed by atoms with Gasteiger partial charge < -0.3 is 4.90 Å². The molecule has 0 N–H and O–H groups in total. The number of para-hydroxylation sites is 1. The summed E-state index contributed by atoms with van der Waals surface area (Å²) >= 11 is 3.49. The Morgan fingerprint density at radius 1 is 0.943 bits per heavy atom. The highest BCUT2D eigenvalue weighted by Crippen LogP contribution is 2.25. The number of rotatable bonds is 13. The van der Waals surface area contributed by atoms with Crippen molar-refractivity contribution in [3.63, 3.8) is 0 Å². The van der Waals surface area contributed by atoms with Crippen LogP contribution in [0.4, 0.5) is 0 Å². The average Bonchev–Trinajstić information content (AvgIpc) is 2.87. The minimum absolute atomic E-state index is 0.110. The van der Waals surface area contributed by atoms with Gasteiger partial charge in [0.2, 0.25) is 5.91 Å². The van der Waals surface area contributed by atoms with Gasteiger partial charge in [-0.05, 0) is 56.2 Å². The van der Waals surface area contributed by atoms with Crippen LogP contribution in [0.2, 0.25) is 0 Å². The third-order valence-corrected chi connectivity index (χ3v) is 7.07. The third-order valence-electron chi connectivity index (χ3n) is 6.54. The number of unbranched alkanes of at least 4 members (excludes halogenated alkanes) is 6. The molecule has 1 heterocycles. The Labute approximate surface area is 217 Å². The molecule has 3 rings (SSSR count). The molecule has 1 atom stereocenters. The van der Waals surface area contributed by atoms with Gasteiger partial charge in [-0.15, -0.1) is 0 Å². The number of carbonyl (C=O) groups excluding carboxylic acids is 1. The maximum atomic E-state index is 13.7. The number of amides is 1. The van der Waals surface area contributed by atoms with Crippen LogP contribution in [0.25, 0.3) is 16.6 Å². The summed E-state index contributed by atoms with van der Waals surface area (Å²) in [6.45, 7) is 7.05. The van der Waals surface area contributed by atoms with Gasteiger partial charge in [0, 0.05) is 17.4 Å². The Kier molecular flexibility index (Phi) is 10.5. The van der Waals surface area contributed by atoms with Crippen molar-refractivity contribution in [3.8, 4) is 5.69 Å². The summed E-state index contributed by atoms with van der Waals surface area (Å²) in [5, 5.41) is 0.576. The second kappa shape index (κ2) is 13.6. The first-order valence-electron chi connectivity index (χ1n) is 13.0. The van der Waals surface area contributed by atoms with Crippen molar-refractivity contribution in [3.05, 3.63) is 69.2 Å². The van der Waals surface area contributed by atoms with E-state index in [1.165, 1.54) is 0 Å². The van der Waals surface area contributed by atoms with Gasteiger partial charge in [0.1, 0.15) is 5.82 Å². The van der Waals surface area contributed by atoms with Gasteiger partial charge in [-0.1, -0.05) is 80.4 Å². The van der Waals surface area contributed by atoms with E-state index in [1.807, 2.05) is 60.4 Å². The first kappa shape index (κ1) is 27.1. The summed E-state index contributed by atoms with van der Waals surface area (Å²) in [6.07, 6.45) is 9.14. The summed E-state index contributed by atoms with van der Waals surface area (Å²) in [5.74, 6) is 0.753. The monoisotopic (exact) mass is 539 g/mol. The van der Waals surface area contributed by atoms with E-state index in [9.17, 15) is 9.59 Å². The molecule has 0 radical (unpaired) electrons. The van der Waals surface area contributed by atoms with Gasteiger partial charge >= 0.3 is 0 Å². The smallest absolute Gasteiger partial charge is 0.266 e. The van der Waals surface area contributed by atoms with Crippen LogP contribution >= 0.6 is 15.9 Å². The summed E-state index contributed by atoms with van der Waals surface area (Å²) in [6, 6.07) is 14.8. The molecule has 0 aliphatic rings. The van der Waals surface area contributed by atoms with Crippen LogP contribution in [-0.4, -0.2) is 26.9 Å². The molecule has 0 saturated carbocycles. The Morgan fingerprint density at radius 3 is 2.29 bits per heavy atom. The average molecular weight is 541 g/mol. The maximum absolute atomic E-state index is 13.7. The third kappa shape index (κ3) is 7.03. The molecule has 0 spiro atoms. The minimum atomic E-state index is -0.323. The molecule has 0 fully saturated rings. The molecule has 0 saturated heterocycles. The van der Waals surface area contributed by atoms with Gasteiger partial charge in [0.25, 0.3) is 5.56 Å². The van der Waals surface area contributed by atoms with Crippen molar-refractivity contribution in [2.45, 2.75) is 84.6 Å². The Hall–Kier alpha value is -2.47. The van der Waals surface area contributed by atoms with E-state index in [0.717, 1.165) is 61.5 Å². The quantitative estimate of drug-likeness (QED) is 0.210. The second-order valence-electron chi connectivity index (χ2n) is 9.24. The van der Waals surface area contributed by atoms with Crippen LogP contribution in [0.1, 0.15) is 90.4 Å². The number of nitrogens with zero attached hydrogens (tertiary/aromatic N) is 3. The fourth-order valence-corrected chi connectivity index (χ4v) is 4.76. The van der Waals surface area contributed by atoms with E-state index in [1.54, 1.807) is 4.57 Å². The number of hydrogen-bond donors (Lipinski definition) is 0. The molecule has 6 heteroatoms. The number of halogens is 1. The molecule has 1 aromatic heterocycles. The summed E-state index contributed by atoms with van der Waals surface area (Å²) in [7, 11) is 0. The first-order chi connectivity index (χ1) is 17.0. The fourth-order valence-electron chi connectivity index (χ4n) is 4.50. The van der Waals surface area contributed by atoms with E-state index < -0.39 is 0 Å². The molecular formula is C29H38BrN3O2. The van der Waals surface area contributed by atoms with E-state index in [-0.39, 0.29) is 17.5 Å². The van der Waals surface area contributed by atoms with Crippen molar-refractivity contribution < 1.29 is 4.79 Å². The summed E-state index contributed by atoms with van der Waals surface area (Å²) < 4.78 is 2.63. The molecule has 35 heavy (non-hydrogen) atoms. The van der Waals surface area contributed by atoms with Crippen LogP contribution in [0.5, 0.6) is 0 Å². The van der Waals surface area contributed by atoms with E-state index in [2.05, 4.69) is 29.8 Å². The first-order valence-corrected chi connectivity index (χ1v) is 13.8.